The fourth-order valence-electron chi connectivity index (χ4n) is 4.00. The quantitative estimate of drug-likeness (QED) is 0.463. The van der Waals surface area contributed by atoms with Gasteiger partial charge in [-0.25, -0.2) is 14.2 Å². The number of anilines is 3. The van der Waals surface area contributed by atoms with Gasteiger partial charge < -0.3 is 19.7 Å². The lowest BCUT2D eigenvalue weighted by atomic mass is 10.1. The van der Waals surface area contributed by atoms with E-state index in [4.69, 9.17) is 9.47 Å². The van der Waals surface area contributed by atoms with Crippen LogP contribution in [0.25, 0.3) is 0 Å². The third-order valence-electron chi connectivity index (χ3n) is 6.02. The van der Waals surface area contributed by atoms with E-state index in [2.05, 4.69) is 34.0 Å². The van der Waals surface area contributed by atoms with E-state index in [-0.39, 0.29) is 24.0 Å². The monoisotopic (exact) mass is 474 g/mol. The van der Waals surface area contributed by atoms with E-state index in [9.17, 15) is 4.79 Å². The normalized spacial score (nSPS) is 13.3. The Morgan fingerprint density at radius 1 is 1.15 bits per heavy atom. The number of unbranched alkanes of at least 4 members (excludes halogenated alkanes) is 1. The van der Waals surface area contributed by atoms with Crippen LogP contribution in [0.15, 0.2) is 18.3 Å². The van der Waals surface area contributed by atoms with E-state index < -0.39 is 5.82 Å². The van der Waals surface area contributed by atoms with Crippen LogP contribution in [0.3, 0.4) is 0 Å². The zero-order chi connectivity index (χ0) is 24.7. The van der Waals surface area contributed by atoms with Crippen molar-refractivity contribution in [1.29, 1.82) is 0 Å². The van der Waals surface area contributed by atoms with Crippen LogP contribution < -0.4 is 24.6 Å². The Kier molecular flexibility index (Phi) is 8.86. The Bertz CT molecular complexity index is 985. The molecule has 2 amide bonds. The second kappa shape index (κ2) is 11.8. The largest absolute Gasteiger partial charge is 0.497 e. The average molecular weight is 475 g/mol. The molecule has 0 bridgehead atoms. The maximum absolute atomic E-state index is 15.1. The number of halogens is 1. The summed E-state index contributed by atoms with van der Waals surface area (Å²) in [6.45, 7) is 10.7. The minimum Gasteiger partial charge on any atom is -0.497 e. The molecular formula is C24H35FN6O3. The third-order valence-corrected chi connectivity index (χ3v) is 6.02. The molecule has 10 heteroatoms. The van der Waals surface area contributed by atoms with E-state index >= 15 is 4.39 Å². The van der Waals surface area contributed by atoms with Crippen LogP contribution >= 0.6 is 0 Å². The van der Waals surface area contributed by atoms with Gasteiger partial charge in [-0.15, -0.1) is 0 Å². The summed E-state index contributed by atoms with van der Waals surface area (Å²) in [7, 11) is 2.85. The zero-order valence-corrected chi connectivity index (χ0v) is 20.7. The third kappa shape index (κ3) is 5.49. The van der Waals surface area contributed by atoms with Gasteiger partial charge in [0.25, 0.3) is 0 Å². The van der Waals surface area contributed by atoms with E-state index in [0.717, 1.165) is 44.6 Å². The number of ether oxygens (including phenoxy) is 2. The van der Waals surface area contributed by atoms with E-state index in [1.807, 2.05) is 6.92 Å². The molecule has 1 aliphatic heterocycles. The summed E-state index contributed by atoms with van der Waals surface area (Å²) < 4.78 is 25.5. The molecular weight excluding hydrogens is 439 g/mol. The molecule has 2 aromatic rings. The smallest absolute Gasteiger partial charge is 0.330 e. The number of urea groups is 1. The molecule has 0 radical (unpaired) electrons. The number of carbonyl (C=O) groups excluding carboxylic acids is 1. The Hall–Kier alpha value is -3.14. The van der Waals surface area contributed by atoms with Gasteiger partial charge in [-0.05, 0) is 39.4 Å². The maximum Gasteiger partial charge on any atom is 0.330 e. The molecule has 0 spiro atoms. The van der Waals surface area contributed by atoms with Crippen LogP contribution in [-0.4, -0.2) is 67.8 Å². The van der Waals surface area contributed by atoms with Gasteiger partial charge in [0.1, 0.15) is 11.6 Å². The fraction of sp³-hybridized carbons (Fsp3) is 0.542. The molecule has 2 heterocycles. The van der Waals surface area contributed by atoms with Crippen LogP contribution in [0.4, 0.5) is 26.6 Å². The molecule has 0 atom stereocenters. The first-order chi connectivity index (χ1) is 16.5. The molecule has 0 aliphatic carbocycles. The van der Waals surface area contributed by atoms with Crippen molar-refractivity contribution in [3.8, 4) is 11.5 Å². The molecule has 1 aliphatic rings. The minimum atomic E-state index is -0.625. The first-order valence-corrected chi connectivity index (χ1v) is 11.8. The summed E-state index contributed by atoms with van der Waals surface area (Å²) in [5.41, 5.74) is 0.815. The van der Waals surface area contributed by atoms with E-state index in [1.165, 1.54) is 36.2 Å². The average Bonchev–Trinajstić information content (AvgIpc) is 2.86. The van der Waals surface area contributed by atoms with Crippen LogP contribution in [0.1, 0.15) is 39.2 Å². The van der Waals surface area contributed by atoms with Crippen molar-refractivity contribution in [2.45, 2.75) is 40.2 Å². The topological polar surface area (TPSA) is 83.1 Å². The number of nitrogens with one attached hydrogen (secondary N) is 1. The Labute approximate surface area is 200 Å². The highest BCUT2D eigenvalue weighted by Gasteiger charge is 2.34. The van der Waals surface area contributed by atoms with Gasteiger partial charge in [0.2, 0.25) is 5.95 Å². The van der Waals surface area contributed by atoms with Gasteiger partial charge in [-0.1, -0.05) is 13.8 Å². The van der Waals surface area contributed by atoms with Crippen molar-refractivity contribution >= 4 is 23.5 Å². The minimum absolute atomic E-state index is 0.00721. The Morgan fingerprint density at radius 2 is 1.91 bits per heavy atom. The van der Waals surface area contributed by atoms with Crippen molar-refractivity contribution < 1.29 is 18.7 Å². The number of aromatic nitrogens is 2. The molecule has 186 valence electrons. The van der Waals surface area contributed by atoms with Gasteiger partial charge in [-0.2, -0.15) is 4.98 Å². The molecule has 0 saturated heterocycles. The summed E-state index contributed by atoms with van der Waals surface area (Å²) in [5, 5.41) is 3.26. The molecule has 0 fully saturated rings. The van der Waals surface area contributed by atoms with E-state index in [1.54, 1.807) is 6.20 Å². The summed E-state index contributed by atoms with van der Waals surface area (Å²) in [6.07, 6.45) is 3.78. The highest BCUT2D eigenvalue weighted by Crippen LogP contribution is 2.37. The predicted octanol–water partition coefficient (Wildman–Crippen LogP) is 4.13. The lowest BCUT2D eigenvalue weighted by Gasteiger charge is -2.35. The molecule has 1 aromatic heterocycles. The summed E-state index contributed by atoms with van der Waals surface area (Å²) in [6, 6.07) is 2.57. The van der Waals surface area contributed by atoms with Gasteiger partial charge in [0.05, 0.1) is 26.5 Å². The van der Waals surface area contributed by atoms with Crippen LogP contribution in [-0.2, 0) is 6.54 Å². The summed E-state index contributed by atoms with van der Waals surface area (Å²) >= 11 is 0. The van der Waals surface area contributed by atoms with Crippen molar-refractivity contribution in [3.05, 3.63) is 29.7 Å². The highest BCUT2D eigenvalue weighted by atomic mass is 19.1. The molecule has 3 rings (SSSR count). The van der Waals surface area contributed by atoms with Gasteiger partial charge in [0.15, 0.2) is 11.6 Å². The van der Waals surface area contributed by atoms with Gasteiger partial charge in [0, 0.05) is 37.0 Å². The molecule has 1 N–H and O–H groups in total. The number of hydrogen-bond donors (Lipinski definition) is 1. The molecule has 34 heavy (non-hydrogen) atoms. The number of amides is 2. The number of benzene rings is 1. The van der Waals surface area contributed by atoms with Crippen molar-refractivity contribution in [1.82, 2.24) is 14.9 Å². The summed E-state index contributed by atoms with van der Waals surface area (Å²) in [5.74, 6) is 0.801. The number of fused-ring (bicyclic) bond motifs is 1. The molecule has 0 unspecified atom stereocenters. The lowest BCUT2D eigenvalue weighted by molar-refractivity contribution is 0.250. The Morgan fingerprint density at radius 3 is 2.56 bits per heavy atom. The second-order valence-corrected chi connectivity index (χ2v) is 7.98. The van der Waals surface area contributed by atoms with E-state index in [0.29, 0.717) is 24.1 Å². The van der Waals surface area contributed by atoms with Crippen molar-refractivity contribution in [2.24, 2.45) is 0 Å². The van der Waals surface area contributed by atoms with Crippen molar-refractivity contribution in [2.75, 3.05) is 62.1 Å². The number of rotatable bonds is 12. The maximum atomic E-state index is 15.1. The number of carbonyl (C=O) groups is 1. The standard InChI is InChI=1S/C24H35FN6O3/c1-6-29(7-2)12-10-9-11-26-23-27-15-17-16-31(24(32)30(8-3)22(17)28-23)19-13-18(33-4)14-20(34-5)21(19)25/h13-15H,6-12,16H2,1-5H3,(H,26,27,28). The van der Waals surface area contributed by atoms with Crippen LogP contribution in [0.2, 0.25) is 0 Å². The second-order valence-electron chi connectivity index (χ2n) is 7.98. The van der Waals surface area contributed by atoms with Gasteiger partial charge >= 0.3 is 6.03 Å². The number of hydrogen-bond acceptors (Lipinski definition) is 7. The number of nitrogens with zero attached hydrogens (tertiary/aromatic N) is 5. The number of methoxy groups -OCH3 is 2. The summed E-state index contributed by atoms with van der Waals surface area (Å²) in [4.78, 5) is 27.6. The predicted molar refractivity (Wildman–Crippen MR) is 132 cm³/mol. The lowest BCUT2D eigenvalue weighted by Crippen LogP contribution is -2.48. The Balaban J connectivity index is 1.77. The fourth-order valence-corrected chi connectivity index (χ4v) is 4.00. The highest BCUT2D eigenvalue weighted by molar-refractivity contribution is 6.05. The first-order valence-electron chi connectivity index (χ1n) is 11.8. The SMILES string of the molecule is CCN(CC)CCCCNc1ncc2c(n1)N(CC)C(=O)N(c1cc(OC)cc(OC)c1F)C2. The zero-order valence-electron chi connectivity index (χ0n) is 20.7. The first kappa shape index (κ1) is 25.5. The van der Waals surface area contributed by atoms with Crippen molar-refractivity contribution in [3.63, 3.8) is 0 Å². The van der Waals surface area contributed by atoms with Crippen LogP contribution in [0.5, 0.6) is 11.5 Å². The molecule has 0 saturated carbocycles. The molecule has 9 nitrogen and oxygen atoms in total. The van der Waals surface area contributed by atoms with Gasteiger partial charge in [-0.3, -0.25) is 9.80 Å². The molecule has 1 aromatic carbocycles. The van der Waals surface area contributed by atoms with Crippen LogP contribution in [0, 0.1) is 5.82 Å².